The van der Waals surface area contributed by atoms with Gasteiger partial charge in [-0.1, -0.05) is 0 Å². The van der Waals surface area contributed by atoms with Crippen molar-refractivity contribution in [2.75, 3.05) is 31.1 Å². The molecular formula is C13H19N5. The molecule has 1 aliphatic rings. The molecule has 0 saturated carbocycles. The minimum absolute atomic E-state index is 0.866. The second-order valence-electron chi connectivity index (χ2n) is 4.76. The van der Waals surface area contributed by atoms with Crippen molar-refractivity contribution < 1.29 is 0 Å². The van der Waals surface area contributed by atoms with E-state index in [2.05, 4.69) is 41.4 Å². The molecular weight excluding hydrogens is 226 g/mol. The number of fused-ring (bicyclic) bond motifs is 1. The monoisotopic (exact) mass is 245 g/mol. The van der Waals surface area contributed by atoms with Crippen molar-refractivity contribution in [2.45, 2.75) is 20.4 Å². The number of nitrogens with zero attached hydrogens (tertiary/aromatic N) is 4. The van der Waals surface area contributed by atoms with Gasteiger partial charge in [0, 0.05) is 44.3 Å². The molecule has 0 bridgehead atoms. The van der Waals surface area contributed by atoms with Crippen LogP contribution in [0.1, 0.15) is 12.5 Å². The topological polar surface area (TPSA) is 46.0 Å². The van der Waals surface area contributed by atoms with Crippen LogP contribution in [0.4, 0.5) is 5.82 Å². The Bertz CT molecular complexity index is 554. The Balaban J connectivity index is 2.02. The normalized spacial score (nSPS) is 16.4. The highest BCUT2D eigenvalue weighted by Gasteiger charge is 2.14. The molecule has 3 rings (SSSR count). The van der Waals surface area contributed by atoms with Gasteiger partial charge in [0.2, 0.25) is 0 Å². The Labute approximate surface area is 107 Å². The molecule has 5 heteroatoms. The summed E-state index contributed by atoms with van der Waals surface area (Å²) in [4.78, 5) is 7.02. The summed E-state index contributed by atoms with van der Waals surface area (Å²) in [6.45, 7) is 9.22. The number of nitrogens with one attached hydrogen (secondary N) is 1. The minimum atomic E-state index is 0.866. The molecule has 0 radical (unpaired) electrons. The standard InChI is InChI=1S/C13H19N5/c1-3-18-9-11-10(2)8-12(15-13(11)16-18)17-6-4-14-5-7-17/h8-9,14H,3-7H2,1-2H3. The summed E-state index contributed by atoms with van der Waals surface area (Å²) in [5.41, 5.74) is 2.12. The number of hydrogen-bond acceptors (Lipinski definition) is 4. The zero-order valence-electron chi connectivity index (χ0n) is 11.0. The molecule has 1 N–H and O–H groups in total. The number of pyridine rings is 1. The van der Waals surface area contributed by atoms with E-state index >= 15 is 0 Å². The summed E-state index contributed by atoms with van der Waals surface area (Å²) in [6, 6.07) is 2.18. The lowest BCUT2D eigenvalue weighted by Gasteiger charge is -2.28. The molecule has 0 atom stereocenters. The fourth-order valence-electron chi connectivity index (χ4n) is 2.40. The van der Waals surface area contributed by atoms with Crippen molar-refractivity contribution in [2.24, 2.45) is 0 Å². The van der Waals surface area contributed by atoms with Crippen LogP contribution in [0.3, 0.4) is 0 Å². The van der Waals surface area contributed by atoms with Gasteiger partial charge in [-0.2, -0.15) is 5.10 Å². The van der Waals surface area contributed by atoms with Gasteiger partial charge >= 0.3 is 0 Å². The average Bonchev–Trinajstić information content (AvgIpc) is 2.83. The predicted octanol–water partition coefficient (Wildman–Crippen LogP) is 1.17. The van der Waals surface area contributed by atoms with Crippen molar-refractivity contribution in [1.29, 1.82) is 0 Å². The first-order valence-electron chi connectivity index (χ1n) is 6.58. The van der Waals surface area contributed by atoms with Crippen LogP contribution in [0.25, 0.3) is 11.0 Å². The molecule has 1 saturated heterocycles. The van der Waals surface area contributed by atoms with Gasteiger partial charge in [0.1, 0.15) is 5.82 Å². The highest BCUT2D eigenvalue weighted by molar-refractivity contribution is 5.80. The molecule has 0 unspecified atom stereocenters. The molecule has 5 nitrogen and oxygen atoms in total. The first-order chi connectivity index (χ1) is 8.78. The van der Waals surface area contributed by atoms with Crippen LogP contribution in [0.5, 0.6) is 0 Å². The van der Waals surface area contributed by atoms with Crippen molar-refractivity contribution in [3.63, 3.8) is 0 Å². The number of piperazine rings is 1. The third kappa shape index (κ3) is 1.95. The predicted molar refractivity (Wildman–Crippen MR) is 73.0 cm³/mol. The number of aromatic nitrogens is 3. The Hall–Kier alpha value is -1.62. The summed E-state index contributed by atoms with van der Waals surface area (Å²) in [5.74, 6) is 1.06. The highest BCUT2D eigenvalue weighted by atomic mass is 15.3. The van der Waals surface area contributed by atoms with E-state index in [1.165, 1.54) is 5.56 Å². The van der Waals surface area contributed by atoms with E-state index in [1.807, 2.05) is 4.68 Å². The van der Waals surface area contributed by atoms with Gasteiger partial charge in [0.25, 0.3) is 0 Å². The van der Waals surface area contributed by atoms with Crippen LogP contribution in [0.15, 0.2) is 12.3 Å². The van der Waals surface area contributed by atoms with Gasteiger partial charge in [-0.15, -0.1) is 0 Å². The van der Waals surface area contributed by atoms with Crippen molar-refractivity contribution >= 4 is 16.9 Å². The second-order valence-corrected chi connectivity index (χ2v) is 4.76. The Kier molecular flexibility index (Phi) is 2.91. The van der Waals surface area contributed by atoms with Crippen LogP contribution < -0.4 is 10.2 Å². The summed E-state index contributed by atoms with van der Waals surface area (Å²) in [7, 11) is 0. The molecule has 0 aromatic carbocycles. The lowest BCUT2D eigenvalue weighted by atomic mass is 10.2. The molecule has 18 heavy (non-hydrogen) atoms. The quantitative estimate of drug-likeness (QED) is 0.862. The molecule has 3 heterocycles. The van der Waals surface area contributed by atoms with Crippen LogP contribution in [0, 0.1) is 6.92 Å². The lowest BCUT2D eigenvalue weighted by Crippen LogP contribution is -2.43. The Morgan fingerprint density at radius 1 is 1.33 bits per heavy atom. The maximum atomic E-state index is 4.69. The second kappa shape index (κ2) is 4.57. The van der Waals surface area contributed by atoms with E-state index in [9.17, 15) is 0 Å². The Morgan fingerprint density at radius 3 is 2.83 bits per heavy atom. The number of aryl methyl sites for hydroxylation is 2. The molecule has 0 spiro atoms. The Morgan fingerprint density at radius 2 is 2.11 bits per heavy atom. The van der Waals surface area contributed by atoms with E-state index in [0.717, 1.165) is 49.6 Å². The van der Waals surface area contributed by atoms with E-state index < -0.39 is 0 Å². The van der Waals surface area contributed by atoms with Crippen molar-refractivity contribution in [1.82, 2.24) is 20.1 Å². The summed E-state index contributed by atoms with van der Waals surface area (Å²) in [6.07, 6.45) is 2.08. The largest absolute Gasteiger partial charge is 0.354 e. The van der Waals surface area contributed by atoms with Gasteiger partial charge in [-0.05, 0) is 25.5 Å². The first kappa shape index (κ1) is 11.5. The number of hydrogen-bond donors (Lipinski definition) is 1. The SMILES string of the molecule is CCn1cc2c(C)cc(N3CCNCC3)nc2n1. The van der Waals surface area contributed by atoms with E-state index in [1.54, 1.807) is 0 Å². The molecule has 0 amide bonds. The summed E-state index contributed by atoms with van der Waals surface area (Å²) < 4.78 is 1.95. The maximum Gasteiger partial charge on any atom is 0.183 e. The summed E-state index contributed by atoms with van der Waals surface area (Å²) in [5, 5.41) is 9.03. The zero-order chi connectivity index (χ0) is 12.5. The fourth-order valence-corrected chi connectivity index (χ4v) is 2.40. The highest BCUT2D eigenvalue weighted by Crippen LogP contribution is 2.21. The van der Waals surface area contributed by atoms with Gasteiger partial charge in [0.05, 0.1) is 0 Å². The van der Waals surface area contributed by atoms with Gasteiger partial charge < -0.3 is 10.2 Å². The number of rotatable bonds is 2. The molecule has 2 aromatic heterocycles. The molecule has 1 aliphatic heterocycles. The minimum Gasteiger partial charge on any atom is -0.354 e. The maximum absolute atomic E-state index is 4.69. The van der Waals surface area contributed by atoms with Gasteiger partial charge in [-0.3, -0.25) is 4.68 Å². The third-order valence-corrected chi connectivity index (χ3v) is 3.50. The van der Waals surface area contributed by atoms with Crippen LogP contribution in [-0.4, -0.2) is 40.9 Å². The summed E-state index contributed by atoms with van der Waals surface area (Å²) >= 11 is 0. The van der Waals surface area contributed by atoms with Crippen LogP contribution in [-0.2, 0) is 6.54 Å². The van der Waals surface area contributed by atoms with Crippen LogP contribution in [0.2, 0.25) is 0 Å². The van der Waals surface area contributed by atoms with Gasteiger partial charge in [0.15, 0.2) is 5.65 Å². The average molecular weight is 245 g/mol. The lowest BCUT2D eigenvalue weighted by molar-refractivity contribution is 0.585. The molecule has 1 fully saturated rings. The first-order valence-corrected chi connectivity index (χ1v) is 6.58. The smallest absolute Gasteiger partial charge is 0.183 e. The van der Waals surface area contributed by atoms with E-state index in [4.69, 9.17) is 4.98 Å². The van der Waals surface area contributed by atoms with Crippen molar-refractivity contribution in [3.8, 4) is 0 Å². The van der Waals surface area contributed by atoms with E-state index in [0.29, 0.717) is 0 Å². The zero-order valence-corrected chi connectivity index (χ0v) is 11.0. The number of anilines is 1. The molecule has 96 valence electrons. The van der Waals surface area contributed by atoms with E-state index in [-0.39, 0.29) is 0 Å². The third-order valence-electron chi connectivity index (χ3n) is 3.50. The fraction of sp³-hybridized carbons (Fsp3) is 0.538. The molecule has 0 aliphatic carbocycles. The molecule has 2 aromatic rings. The van der Waals surface area contributed by atoms with Crippen molar-refractivity contribution in [3.05, 3.63) is 17.8 Å². The van der Waals surface area contributed by atoms with Gasteiger partial charge in [-0.25, -0.2) is 4.98 Å². The van der Waals surface area contributed by atoms with Crippen LogP contribution >= 0.6 is 0 Å².